The van der Waals surface area contributed by atoms with Crippen molar-refractivity contribution in [3.05, 3.63) is 69.4 Å². The van der Waals surface area contributed by atoms with Crippen molar-refractivity contribution in [2.45, 2.75) is 69.1 Å². The number of aromatic nitrogens is 1. The molecular weight excluding hydrogens is 515 g/mol. The van der Waals surface area contributed by atoms with Crippen LogP contribution in [-0.2, 0) is 16.0 Å². The van der Waals surface area contributed by atoms with E-state index in [0.717, 1.165) is 36.9 Å². The second-order valence-electron chi connectivity index (χ2n) is 10.2. The molecule has 0 radical (unpaired) electrons. The lowest BCUT2D eigenvalue weighted by molar-refractivity contribution is -0.136. The summed E-state index contributed by atoms with van der Waals surface area (Å²) in [4.78, 5) is 27.1. The molecule has 0 spiro atoms. The molecule has 2 bridgehead atoms. The lowest BCUT2D eigenvalue weighted by Gasteiger charge is -2.40. The Morgan fingerprint density at radius 2 is 1.70 bits per heavy atom. The summed E-state index contributed by atoms with van der Waals surface area (Å²) in [5.74, 6) is -0.592. The third-order valence-corrected chi connectivity index (χ3v) is 8.23. The van der Waals surface area contributed by atoms with Crippen LogP contribution in [0.3, 0.4) is 0 Å². The van der Waals surface area contributed by atoms with Crippen molar-refractivity contribution in [3.63, 3.8) is 0 Å². The van der Waals surface area contributed by atoms with Gasteiger partial charge < -0.3 is 19.3 Å². The van der Waals surface area contributed by atoms with Gasteiger partial charge in [-0.05, 0) is 55.5 Å². The van der Waals surface area contributed by atoms with Crippen molar-refractivity contribution in [3.8, 4) is 11.3 Å². The zero-order chi connectivity index (χ0) is 25.7. The number of carbonyl (C=O) groups excluding carboxylic acids is 1. The van der Waals surface area contributed by atoms with Crippen molar-refractivity contribution in [2.75, 3.05) is 4.90 Å². The van der Waals surface area contributed by atoms with Crippen molar-refractivity contribution < 1.29 is 24.0 Å². The highest BCUT2D eigenvalue weighted by atomic mass is 35.5. The van der Waals surface area contributed by atoms with Crippen LogP contribution in [0.15, 0.2) is 47.0 Å². The molecule has 3 aromatic rings. The molecule has 9 heteroatoms. The summed E-state index contributed by atoms with van der Waals surface area (Å²) >= 11 is 12.9. The van der Waals surface area contributed by atoms with Crippen LogP contribution in [0.25, 0.3) is 11.3 Å². The average molecular weight is 541 g/mol. The number of piperidine rings is 1. The number of aliphatic carboxylic acids is 1. The minimum atomic E-state index is -0.845. The molecule has 1 saturated carbocycles. The molecule has 37 heavy (non-hydrogen) atoms. The maximum absolute atomic E-state index is 13.6. The monoisotopic (exact) mass is 540 g/mol. The van der Waals surface area contributed by atoms with Crippen molar-refractivity contribution in [2.24, 2.45) is 0 Å². The minimum absolute atomic E-state index is 0.00288. The number of benzene rings is 2. The van der Waals surface area contributed by atoms with Gasteiger partial charge in [0, 0.05) is 42.1 Å². The number of hydrogen-bond donors (Lipinski definition) is 1. The van der Waals surface area contributed by atoms with E-state index in [1.54, 1.807) is 18.2 Å². The molecule has 3 heterocycles. The van der Waals surface area contributed by atoms with Crippen LogP contribution in [-0.4, -0.2) is 40.4 Å². The standard InChI is InChI=1S/C28H26Cl2N2O5/c29-21-5-2-6-22(30)24(21)26-25(27(37-31-26)16-7-8-16)28(35)36-20-13-18-9-10-19(14-20)32(18)17-4-1-3-15(11-17)12-23(33)34/h1-6,11,16,18-20H,7-10,12-14H2,(H,33,34)/t18-,19+,20?. The first-order chi connectivity index (χ1) is 17.9. The Hall–Kier alpha value is -3.03. The summed E-state index contributed by atoms with van der Waals surface area (Å²) in [7, 11) is 0. The molecule has 2 aromatic carbocycles. The Kier molecular flexibility index (Phi) is 6.37. The second kappa shape index (κ2) is 9.69. The molecule has 3 aliphatic rings. The number of carbonyl (C=O) groups is 2. The van der Waals surface area contributed by atoms with E-state index in [-0.39, 0.29) is 30.5 Å². The van der Waals surface area contributed by atoms with Gasteiger partial charge in [0.25, 0.3) is 0 Å². The maximum atomic E-state index is 13.6. The Morgan fingerprint density at radius 3 is 2.35 bits per heavy atom. The minimum Gasteiger partial charge on any atom is -0.481 e. The number of hydrogen-bond acceptors (Lipinski definition) is 6. The Morgan fingerprint density at radius 1 is 1.03 bits per heavy atom. The van der Waals surface area contributed by atoms with Gasteiger partial charge in [-0.2, -0.15) is 0 Å². The number of carboxylic acids is 1. The lowest BCUT2D eigenvalue weighted by Crippen LogP contribution is -2.46. The van der Waals surface area contributed by atoms with E-state index in [0.29, 0.717) is 45.5 Å². The van der Waals surface area contributed by atoms with E-state index in [4.69, 9.17) is 32.5 Å². The number of carboxylic acid groups (broad SMARTS) is 1. The van der Waals surface area contributed by atoms with E-state index in [1.165, 1.54) is 0 Å². The maximum Gasteiger partial charge on any atom is 0.344 e. The van der Waals surface area contributed by atoms with Gasteiger partial charge in [-0.15, -0.1) is 0 Å². The first-order valence-electron chi connectivity index (χ1n) is 12.6. The van der Waals surface area contributed by atoms with Gasteiger partial charge in [0.2, 0.25) is 0 Å². The van der Waals surface area contributed by atoms with Crippen LogP contribution >= 0.6 is 23.2 Å². The smallest absolute Gasteiger partial charge is 0.344 e. The van der Waals surface area contributed by atoms with Gasteiger partial charge in [-0.1, -0.05) is 46.6 Å². The fourth-order valence-electron chi connectivity index (χ4n) is 5.88. The van der Waals surface area contributed by atoms with Crippen molar-refractivity contribution >= 4 is 40.8 Å². The molecule has 3 atom stereocenters. The van der Waals surface area contributed by atoms with Crippen molar-refractivity contribution in [1.82, 2.24) is 5.16 Å². The van der Waals surface area contributed by atoms with Crippen LogP contribution in [0, 0.1) is 0 Å². The molecule has 1 aliphatic carbocycles. The van der Waals surface area contributed by atoms with E-state index in [2.05, 4.69) is 10.1 Å². The molecule has 192 valence electrons. The number of ether oxygens (including phenoxy) is 1. The van der Waals surface area contributed by atoms with E-state index in [9.17, 15) is 14.7 Å². The highest BCUT2D eigenvalue weighted by Gasteiger charge is 2.44. The first-order valence-corrected chi connectivity index (χ1v) is 13.4. The van der Waals surface area contributed by atoms with Gasteiger partial charge in [-0.25, -0.2) is 4.79 Å². The third kappa shape index (κ3) is 4.71. The number of rotatable bonds is 7. The molecule has 1 aromatic heterocycles. The highest BCUT2D eigenvalue weighted by molar-refractivity contribution is 6.39. The SMILES string of the molecule is O=C(O)Cc1cccc(N2[C@@H]3CC[C@H]2CC(OC(=O)c2c(-c4c(Cl)cccc4Cl)noc2C2CC2)C3)c1. The van der Waals surface area contributed by atoms with E-state index in [1.807, 2.05) is 24.3 Å². The predicted molar refractivity (Wildman–Crippen MR) is 139 cm³/mol. The summed E-state index contributed by atoms with van der Waals surface area (Å²) in [5.41, 5.74) is 2.95. The zero-order valence-corrected chi connectivity index (χ0v) is 21.5. The number of fused-ring (bicyclic) bond motifs is 2. The highest BCUT2D eigenvalue weighted by Crippen LogP contribution is 2.47. The second-order valence-corrected chi connectivity index (χ2v) is 11.0. The quantitative estimate of drug-likeness (QED) is 0.341. The Balaban J connectivity index is 1.23. The van der Waals surface area contributed by atoms with Gasteiger partial charge in [0.15, 0.2) is 5.76 Å². The molecule has 6 rings (SSSR count). The predicted octanol–water partition coefficient (Wildman–Crippen LogP) is 6.51. The summed E-state index contributed by atoms with van der Waals surface area (Å²) in [6, 6.07) is 13.4. The molecule has 0 amide bonds. The summed E-state index contributed by atoms with van der Waals surface area (Å²) in [5, 5.41) is 14.2. The molecule has 2 aliphatic heterocycles. The third-order valence-electron chi connectivity index (χ3n) is 7.60. The first kappa shape index (κ1) is 24.3. The summed E-state index contributed by atoms with van der Waals surface area (Å²) in [6.45, 7) is 0. The van der Waals surface area contributed by atoms with Gasteiger partial charge in [0.1, 0.15) is 17.4 Å². The molecule has 1 unspecified atom stereocenters. The Bertz CT molecular complexity index is 1330. The van der Waals surface area contributed by atoms with Gasteiger partial charge in [-0.3, -0.25) is 4.79 Å². The largest absolute Gasteiger partial charge is 0.481 e. The Labute approximate surface area is 224 Å². The molecule has 2 saturated heterocycles. The molecular formula is C28H26Cl2N2O5. The van der Waals surface area contributed by atoms with Crippen LogP contribution in [0.4, 0.5) is 5.69 Å². The fourth-order valence-corrected chi connectivity index (χ4v) is 6.45. The summed E-state index contributed by atoms with van der Waals surface area (Å²) in [6.07, 6.45) is 5.06. The van der Waals surface area contributed by atoms with E-state index < -0.39 is 11.9 Å². The van der Waals surface area contributed by atoms with Gasteiger partial charge in [0.05, 0.1) is 16.5 Å². The average Bonchev–Trinajstić information content (AvgIpc) is 3.54. The zero-order valence-electron chi connectivity index (χ0n) is 20.0. The molecule has 3 fully saturated rings. The number of halogens is 2. The van der Waals surface area contributed by atoms with Gasteiger partial charge >= 0.3 is 11.9 Å². The summed E-state index contributed by atoms with van der Waals surface area (Å²) < 4.78 is 11.8. The van der Waals surface area contributed by atoms with Crippen LogP contribution < -0.4 is 4.90 Å². The van der Waals surface area contributed by atoms with Crippen molar-refractivity contribution in [1.29, 1.82) is 0 Å². The van der Waals surface area contributed by atoms with Crippen LogP contribution in [0.1, 0.15) is 66.1 Å². The molecule has 1 N–H and O–H groups in total. The fraction of sp³-hybridized carbons (Fsp3) is 0.393. The topological polar surface area (TPSA) is 92.9 Å². The van der Waals surface area contributed by atoms with Crippen LogP contribution in [0.5, 0.6) is 0 Å². The normalized spacial score (nSPS) is 22.8. The number of nitrogens with zero attached hydrogens (tertiary/aromatic N) is 2. The molecule has 7 nitrogen and oxygen atoms in total. The number of esters is 1. The van der Waals surface area contributed by atoms with Crippen LogP contribution in [0.2, 0.25) is 10.0 Å². The lowest BCUT2D eigenvalue weighted by atomic mass is 9.97. The number of anilines is 1. The van der Waals surface area contributed by atoms with E-state index >= 15 is 0 Å².